The Bertz CT molecular complexity index is 2980. The molecule has 0 saturated heterocycles. The van der Waals surface area contributed by atoms with Crippen LogP contribution in [-0.4, -0.2) is 96.9 Å². The highest BCUT2D eigenvalue weighted by atomic mass is 32.1. The number of benzene rings is 4. The van der Waals surface area contributed by atoms with Crippen LogP contribution in [0.25, 0.3) is 30.8 Å². The molecule has 0 aliphatic heterocycles. The number of thiazole rings is 2. The Balaban J connectivity index is 0.000000197. The summed E-state index contributed by atoms with van der Waals surface area (Å²) in [7, 11) is 8.95. The van der Waals surface area contributed by atoms with Crippen molar-refractivity contribution in [1.82, 2.24) is 18.8 Å². The molecule has 3 N–H and O–H groups in total. The van der Waals surface area contributed by atoms with Crippen LogP contribution in [-0.2, 0) is 4.74 Å². The molecule has 2 amide bonds. The third-order valence-corrected chi connectivity index (χ3v) is 11.8. The number of para-hydroxylation sites is 2. The summed E-state index contributed by atoms with van der Waals surface area (Å²) < 4.78 is 40.4. The Hall–Kier alpha value is -8.10. The first-order valence-corrected chi connectivity index (χ1v) is 21.4. The van der Waals surface area contributed by atoms with Gasteiger partial charge in [0.2, 0.25) is 11.5 Å². The van der Waals surface area contributed by atoms with Crippen molar-refractivity contribution < 1.29 is 57.4 Å². The van der Waals surface area contributed by atoms with Crippen molar-refractivity contribution in [2.45, 2.75) is 6.92 Å². The average Bonchev–Trinajstić information content (AvgIpc) is 4.12. The molecule has 4 aromatic carbocycles. The number of aromatic carboxylic acids is 1. The van der Waals surface area contributed by atoms with Gasteiger partial charge in [0.15, 0.2) is 44.3 Å². The summed E-state index contributed by atoms with van der Waals surface area (Å²) in [6.45, 7) is 2.03. The number of rotatable bonds is 15. The second-order valence-corrected chi connectivity index (χ2v) is 15.7. The van der Waals surface area contributed by atoms with Crippen LogP contribution < -0.4 is 39.1 Å². The summed E-state index contributed by atoms with van der Waals surface area (Å²) in [5.74, 6) is 0.0928. The number of anilines is 2. The maximum absolute atomic E-state index is 13.1. The lowest BCUT2D eigenvalue weighted by atomic mass is 10.1. The van der Waals surface area contributed by atoms with Gasteiger partial charge in [0, 0.05) is 58.4 Å². The predicted octanol–water partition coefficient (Wildman–Crippen LogP) is 8.56. The summed E-state index contributed by atoms with van der Waals surface area (Å²) in [5.41, 5.74) is 3.73. The fourth-order valence-electron chi connectivity index (χ4n) is 6.67. The van der Waals surface area contributed by atoms with E-state index in [-0.39, 0.29) is 29.8 Å². The summed E-state index contributed by atoms with van der Waals surface area (Å²) in [6, 6.07) is 21.1. The number of methoxy groups -OCH3 is 6. The zero-order chi connectivity index (χ0) is 47.1. The monoisotopic (exact) mass is 934 g/mol. The highest BCUT2D eigenvalue weighted by Gasteiger charge is 2.22. The fourth-order valence-corrected chi connectivity index (χ4v) is 8.69. The van der Waals surface area contributed by atoms with Crippen LogP contribution in [0.4, 0.5) is 11.4 Å². The number of aromatic nitrogens is 4. The highest BCUT2D eigenvalue weighted by Crippen LogP contribution is 2.41. The molecule has 0 fully saturated rings. The summed E-state index contributed by atoms with van der Waals surface area (Å²) in [4.78, 5) is 60.5. The number of nitrogens with zero attached hydrogens (tertiary/aromatic N) is 4. The molecule has 0 aliphatic rings. The Morgan fingerprint density at radius 1 is 0.576 bits per heavy atom. The lowest BCUT2D eigenvalue weighted by Gasteiger charge is -2.15. The molecule has 0 spiro atoms. The van der Waals surface area contributed by atoms with Crippen molar-refractivity contribution >= 4 is 67.7 Å². The number of carboxylic acids is 1. The van der Waals surface area contributed by atoms with E-state index in [9.17, 15) is 19.2 Å². The first kappa shape index (κ1) is 45.9. The number of nitrogens with one attached hydrogen (secondary N) is 2. The number of carbonyl (C=O) groups is 4. The molecular formula is C46H42N6O12S2. The number of ether oxygens (including phenoxy) is 7. The van der Waals surface area contributed by atoms with Crippen molar-refractivity contribution in [1.29, 1.82) is 0 Å². The smallest absolute Gasteiger partial charge is 0.358 e. The molecule has 0 radical (unpaired) electrons. The van der Waals surface area contributed by atoms with Gasteiger partial charge >= 0.3 is 11.9 Å². The topological polar surface area (TPSA) is 212 Å². The van der Waals surface area contributed by atoms with Gasteiger partial charge in [0.1, 0.15) is 0 Å². The Kier molecular flexibility index (Phi) is 14.0. The quantitative estimate of drug-likeness (QED) is 0.0823. The van der Waals surface area contributed by atoms with E-state index in [4.69, 9.17) is 38.3 Å². The molecule has 4 aromatic heterocycles. The van der Waals surface area contributed by atoms with Gasteiger partial charge in [-0.05, 0) is 43.3 Å². The van der Waals surface area contributed by atoms with E-state index < -0.39 is 11.9 Å². The van der Waals surface area contributed by atoms with E-state index in [1.165, 1.54) is 71.5 Å². The molecule has 0 atom stereocenters. The number of carbonyl (C=O) groups excluding carboxylic acids is 3. The molecule has 8 rings (SSSR count). The lowest BCUT2D eigenvalue weighted by molar-refractivity contribution is 0.0519. The largest absolute Gasteiger partial charge is 0.493 e. The molecule has 0 aliphatic carbocycles. The minimum Gasteiger partial charge on any atom is -0.493 e. The minimum atomic E-state index is -1.08. The molecule has 0 unspecified atom stereocenters. The number of imidazole rings is 2. The highest BCUT2D eigenvalue weighted by molar-refractivity contribution is 7.20. The Morgan fingerprint density at radius 3 is 1.33 bits per heavy atom. The Morgan fingerprint density at radius 2 is 0.970 bits per heavy atom. The zero-order valence-electron chi connectivity index (χ0n) is 36.5. The molecular weight excluding hydrogens is 893 g/mol. The first-order valence-electron chi connectivity index (χ1n) is 19.7. The van der Waals surface area contributed by atoms with E-state index in [0.717, 1.165) is 20.9 Å². The fraction of sp³-hybridized carbons (Fsp3) is 0.174. The van der Waals surface area contributed by atoms with Crippen LogP contribution >= 0.6 is 22.7 Å². The van der Waals surface area contributed by atoms with E-state index >= 15 is 0 Å². The SMILES string of the molecule is CCOC(=O)c1cn2cc(-c3ccccc3NC(=O)c3cc(OC)c(OC)c(OC)c3)sc2n1.COc1cc(C(=O)Nc2ccccc2-c2cn3cc(C(=O)O)nc3s2)cc(OC)c1OC. The van der Waals surface area contributed by atoms with Gasteiger partial charge in [0.05, 0.1) is 59.0 Å². The van der Waals surface area contributed by atoms with Gasteiger partial charge < -0.3 is 48.9 Å². The Labute approximate surface area is 384 Å². The van der Waals surface area contributed by atoms with E-state index in [0.29, 0.717) is 66.9 Å². The van der Waals surface area contributed by atoms with Gasteiger partial charge in [-0.3, -0.25) is 18.4 Å². The van der Waals surface area contributed by atoms with Gasteiger partial charge in [-0.2, -0.15) is 0 Å². The standard InChI is InChI=1S/C24H23N3O6S.C22H19N3O6S/c1-5-33-23(29)17-12-27-13-20(34-24(27)26-17)15-8-6-7-9-16(15)25-22(28)14-10-18(30-2)21(32-4)19(11-14)31-3;1-29-16-8-12(9-17(30-2)19(16)31-3)20(26)23-14-7-5-4-6-13(14)18-11-25-10-15(21(27)28)24-22(25)32-18/h6-13H,5H2,1-4H3,(H,25,28);4-11H,1-3H3,(H,23,26)(H,27,28). The van der Waals surface area contributed by atoms with Crippen LogP contribution in [0.1, 0.15) is 48.6 Å². The van der Waals surface area contributed by atoms with Crippen LogP contribution in [0.3, 0.4) is 0 Å². The molecule has 0 bridgehead atoms. The van der Waals surface area contributed by atoms with Crippen molar-refractivity contribution in [3.8, 4) is 55.4 Å². The van der Waals surface area contributed by atoms with Crippen LogP contribution in [0, 0.1) is 0 Å². The molecule has 66 heavy (non-hydrogen) atoms. The van der Waals surface area contributed by atoms with E-state index in [2.05, 4.69) is 20.6 Å². The molecule has 4 heterocycles. The van der Waals surface area contributed by atoms with E-state index in [1.807, 2.05) is 48.7 Å². The van der Waals surface area contributed by atoms with Crippen LogP contribution in [0.5, 0.6) is 34.5 Å². The van der Waals surface area contributed by atoms with Crippen molar-refractivity contribution in [3.63, 3.8) is 0 Å². The van der Waals surface area contributed by atoms with Gasteiger partial charge in [-0.1, -0.05) is 59.1 Å². The third-order valence-electron chi connectivity index (χ3n) is 9.75. The van der Waals surface area contributed by atoms with Crippen molar-refractivity contribution in [2.75, 3.05) is 59.9 Å². The lowest BCUT2D eigenvalue weighted by Crippen LogP contribution is -2.13. The second-order valence-electron chi connectivity index (χ2n) is 13.7. The number of fused-ring (bicyclic) bond motifs is 2. The number of carboxylic acid groups (broad SMARTS) is 1. The number of hydrogen-bond acceptors (Lipinski definition) is 15. The molecule has 20 heteroatoms. The number of amides is 2. The number of hydrogen-bond donors (Lipinski definition) is 3. The molecule has 0 saturated carbocycles. The first-order chi connectivity index (χ1) is 31.9. The van der Waals surface area contributed by atoms with Crippen molar-refractivity contribution in [2.24, 2.45) is 0 Å². The number of esters is 1. The zero-order valence-corrected chi connectivity index (χ0v) is 38.1. The summed E-state index contributed by atoms with van der Waals surface area (Å²) in [5, 5.41) is 15.0. The molecule has 8 aromatic rings. The molecule has 340 valence electrons. The summed E-state index contributed by atoms with van der Waals surface area (Å²) in [6.07, 6.45) is 6.73. The average molecular weight is 935 g/mol. The van der Waals surface area contributed by atoms with Gasteiger partial charge in [-0.25, -0.2) is 19.6 Å². The summed E-state index contributed by atoms with van der Waals surface area (Å²) >= 11 is 2.72. The van der Waals surface area contributed by atoms with Gasteiger partial charge in [0.25, 0.3) is 11.8 Å². The second kappa shape index (κ2) is 20.2. The van der Waals surface area contributed by atoms with Crippen LogP contribution in [0.15, 0.2) is 97.6 Å². The van der Waals surface area contributed by atoms with Crippen LogP contribution in [0.2, 0.25) is 0 Å². The third kappa shape index (κ3) is 9.54. The maximum Gasteiger partial charge on any atom is 0.358 e. The van der Waals surface area contributed by atoms with Crippen molar-refractivity contribution in [3.05, 3.63) is 120 Å². The van der Waals surface area contributed by atoms with E-state index in [1.54, 1.807) is 58.5 Å². The predicted molar refractivity (Wildman–Crippen MR) is 248 cm³/mol. The van der Waals surface area contributed by atoms with Gasteiger partial charge in [-0.15, -0.1) is 0 Å². The maximum atomic E-state index is 13.1. The minimum absolute atomic E-state index is 0.0215. The normalized spacial score (nSPS) is 10.7. The molecule has 18 nitrogen and oxygen atoms in total.